The minimum Gasteiger partial charge on any atom is -0.356 e. The third-order valence-corrected chi connectivity index (χ3v) is 3.37. The number of amides is 1. The van der Waals surface area contributed by atoms with Gasteiger partial charge in [0.05, 0.1) is 6.42 Å². The molecule has 0 unspecified atom stereocenters. The molecule has 3 nitrogen and oxygen atoms in total. The predicted octanol–water partition coefficient (Wildman–Crippen LogP) is 2.02. The summed E-state index contributed by atoms with van der Waals surface area (Å²) in [6, 6.07) is 8.15. The first-order valence-electron chi connectivity index (χ1n) is 6.16. The molecule has 0 aromatic heterocycles. The van der Waals surface area contributed by atoms with Gasteiger partial charge in [-0.3, -0.25) is 4.79 Å². The van der Waals surface area contributed by atoms with Crippen molar-refractivity contribution in [2.75, 3.05) is 33.4 Å². The van der Waals surface area contributed by atoms with Gasteiger partial charge in [-0.1, -0.05) is 12.1 Å². The molecule has 0 saturated carbocycles. The van der Waals surface area contributed by atoms with E-state index in [0.29, 0.717) is 6.42 Å². The first kappa shape index (κ1) is 15.1. The number of benzene rings is 1. The fourth-order valence-corrected chi connectivity index (χ4v) is 2.02. The van der Waals surface area contributed by atoms with Crippen LogP contribution < -0.4 is 5.32 Å². The number of thioether (sulfide) groups is 1. The summed E-state index contributed by atoms with van der Waals surface area (Å²) in [6.07, 6.45) is 3.51. The predicted molar refractivity (Wildman–Crippen MR) is 78.1 cm³/mol. The Labute approximate surface area is 114 Å². The summed E-state index contributed by atoms with van der Waals surface area (Å²) in [4.78, 5) is 15.0. The molecule has 1 aromatic carbocycles. The van der Waals surface area contributed by atoms with Gasteiger partial charge in [-0.2, -0.15) is 0 Å². The van der Waals surface area contributed by atoms with Crippen molar-refractivity contribution in [2.24, 2.45) is 0 Å². The summed E-state index contributed by atoms with van der Waals surface area (Å²) in [7, 11) is 4.07. The third-order valence-electron chi connectivity index (χ3n) is 2.63. The van der Waals surface area contributed by atoms with Gasteiger partial charge in [0.1, 0.15) is 0 Å². The van der Waals surface area contributed by atoms with E-state index >= 15 is 0 Å². The van der Waals surface area contributed by atoms with E-state index in [9.17, 15) is 4.79 Å². The fourth-order valence-electron chi connectivity index (χ4n) is 1.61. The second-order valence-corrected chi connectivity index (χ2v) is 5.41. The molecule has 0 spiro atoms. The van der Waals surface area contributed by atoms with E-state index in [1.54, 1.807) is 11.8 Å². The molecular formula is C14H22N2OS. The van der Waals surface area contributed by atoms with Crippen LogP contribution in [0.2, 0.25) is 0 Å². The molecule has 4 heteroatoms. The maximum Gasteiger partial charge on any atom is 0.224 e. The SMILES string of the molecule is CSc1ccc(CC(=O)NCCCN(C)C)cc1. The van der Waals surface area contributed by atoms with Gasteiger partial charge in [0.25, 0.3) is 0 Å². The quantitative estimate of drug-likeness (QED) is 0.605. The lowest BCUT2D eigenvalue weighted by atomic mass is 10.1. The number of hydrogen-bond acceptors (Lipinski definition) is 3. The zero-order valence-corrected chi connectivity index (χ0v) is 12.2. The minimum absolute atomic E-state index is 0.102. The number of hydrogen-bond donors (Lipinski definition) is 1. The highest BCUT2D eigenvalue weighted by atomic mass is 32.2. The molecule has 0 heterocycles. The third kappa shape index (κ3) is 6.07. The molecule has 1 aromatic rings. The van der Waals surface area contributed by atoms with E-state index in [1.165, 1.54) is 4.90 Å². The lowest BCUT2D eigenvalue weighted by Crippen LogP contribution is -2.28. The van der Waals surface area contributed by atoms with Gasteiger partial charge in [0.15, 0.2) is 0 Å². The molecule has 0 atom stereocenters. The van der Waals surface area contributed by atoms with Crippen LogP contribution in [0.3, 0.4) is 0 Å². The summed E-state index contributed by atoms with van der Waals surface area (Å²) >= 11 is 1.71. The fraction of sp³-hybridized carbons (Fsp3) is 0.500. The zero-order chi connectivity index (χ0) is 13.4. The molecule has 0 radical (unpaired) electrons. The Bertz CT molecular complexity index is 363. The van der Waals surface area contributed by atoms with Gasteiger partial charge in [-0.25, -0.2) is 0 Å². The van der Waals surface area contributed by atoms with Crippen LogP contribution in [0.15, 0.2) is 29.2 Å². The Balaban J connectivity index is 2.26. The highest BCUT2D eigenvalue weighted by Gasteiger charge is 2.02. The van der Waals surface area contributed by atoms with E-state index in [-0.39, 0.29) is 5.91 Å². The van der Waals surface area contributed by atoms with Crippen LogP contribution in [-0.4, -0.2) is 44.2 Å². The first-order valence-corrected chi connectivity index (χ1v) is 7.38. The highest BCUT2D eigenvalue weighted by molar-refractivity contribution is 7.98. The van der Waals surface area contributed by atoms with E-state index < -0.39 is 0 Å². The summed E-state index contributed by atoms with van der Waals surface area (Å²) in [5, 5.41) is 2.94. The normalized spacial score (nSPS) is 10.7. The van der Waals surface area contributed by atoms with Crippen LogP contribution in [0.1, 0.15) is 12.0 Å². The van der Waals surface area contributed by atoms with Gasteiger partial charge < -0.3 is 10.2 Å². The Morgan fingerprint density at radius 3 is 2.50 bits per heavy atom. The average molecular weight is 266 g/mol. The second-order valence-electron chi connectivity index (χ2n) is 4.53. The largest absolute Gasteiger partial charge is 0.356 e. The maximum atomic E-state index is 11.7. The summed E-state index contributed by atoms with van der Waals surface area (Å²) in [5.41, 5.74) is 1.07. The van der Waals surface area contributed by atoms with E-state index in [4.69, 9.17) is 0 Å². The maximum absolute atomic E-state index is 11.7. The van der Waals surface area contributed by atoms with Gasteiger partial charge in [-0.15, -0.1) is 11.8 Å². The van der Waals surface area contributed by atoms with Crippen molar-refractivity contribution in [3.05, 3.63) is 29.8 Å². The van der Waals surface area contributed by atoms with Gasteiger partial charge in [-0.05, 0) is 51.0 Å². The smallest absolute Gasteiger partial charge is 0.224 e. The van der Waals surface area contributed by atoms with E-state index in [0.717, 1.165) is 25.1 Å². The van der Waals surface area contributed by atoms with Crippen molar-refractivity contribution in [1.82, 2.24) is 10.2 Å². The van der Waals surface area contributed by atoms with Crippen molar-refractivity contribution in [1.29, 1.82) is 0 Å². The first-order chi connectivity index (χ1) is 8.61. The lowest BCUT2D eigenvalue weighted by molar-refractivity contribution is -0.120. The van der Waals surface area contributed by atoms with Crippen LogP contribution in [-0.2, 0) is 11.2 Å². The molecule has 0 bridgehead atoms. The Hall–Kier alpha value is -1.00. The zero-order valence-electron chi connectivity index (χ0n) is 11.4. The van der Waals surface area contributed by atoms with Crippen molar-refractivity contribution >= 4 is 17.7 Å². The molecule has 100 valence electrons. The highest BCUT2D eigenvalue weighted by Crippen LogP contribution is 2.14. The Morgan fingerprint density at radius 2 is 1.94 bits per heavy atom. The van der Waals surface area contributed by atoms with Crippen molar-refractivity contribution in [3.63, 3.8) is 0 Å². The molecule has 0 fully saturated rings. The van der Waals surface area contributed by atoms with E-state index in [1.807, 2.05) is 32.5 Å². The molecule has 1 N–H and O–H groups in total. The molecule has 1 rings (SSSR count). The van der Waals surface area contributed by atoms with Crippen LogP contribution >= 0.6 is 11.8 Å². The van der Waals surface area contributed by atoms with Crippen LogP contribution in [0.25, 0.3) is 0 Å². The monoisotopic (exact) mass is 266 g/mol. The molecule has 0 saturated heterocycles. The molecular weight excluding hydrogens is 244 g/mol. The Morgan fingerprint density at radius 1 is 1.28 bits per heavy atom. The van der Waals surface area contributed by atoms with E-state index in [2.05, 4.69) is 22.3 Å². The van der Waals surface area contributed by atoms with Gasteiger partial charge >= 0.3 is 0 Å². The molecule has 0 aliphatic heterocycles. The van der Waals surface area contributed by atoms with Crippen molar-refractivity contribution in [3.8, 4) is 0 Å². The van der Waals surface area contributed by atoms with Crippen LogP contribution in [0, 0.1) is 0 Å². The molecule has 0 aliphatic carbocycles. The van der Waals surface area contributed by atoms with Crippen molar-refractivity contribution in [2.45, 2.75) is 17.7 Å². The van der Waals surface area contributed by atoms with Crippen LogP contribution in [0.5, 0.6) is 0 Å². The summed E-state index contributed by atoms with van der Waals surface area (Å²) in [5.74, 6) is 0.102. The number of nitrogens with one attached hydrogen (secondary N) is 1. The lowest BCUT2D eigenvalue weighted by Gasteiger charge is -2.10. The average Bonchev–Trinajstić information content (AvgIpc) is 2.35. The molecule has 1 amide bonds. The molecule has 0 aliphatic rings. The number of rotatable bonds is 7. The standard InChI is InChI=1S/C14H22N2OS/c1-16(2)10-4-9-15-14(17)11-12-5-7-13(18-3)8-6-12/h5-8H,4,9-11H2,1-3H3,(H,15,17). The van der Waals surface area contributed by atoms with Crippen LogP contribution in [0.4, 0.5) is 0 Å². The van der Waals surface area contributed by atoms with Crippen molar-refractivity contribution < 1.29 is 4.79 Å². The minimum atomic E-state index is 0.102. The number of carbonyl (C=O) groups excluding carboxylic acids is 1. The topological polar surface area (TPSA) is 32.3 Å². The summed E-state index contributed by atoms with van der Waals surface area (Å²) in [6.45, 7) is 1.75. The van der Waals surface area contributed by atoms with Gasteiger partial charge in [0.2, 0.25) is 5.91 Å². The van der Waals surface area contributed by atoms with Gasteiger partial charge in [0, 0.05) is 11.4 Å². The Kier molecular flexibility index (Phi) is 6.83. The number of carbonyl (C=O) groups is 1. The summed E-state index contributed by atoms with van der Waals surface area (Å²) < 4.78 is 0. The number of nitrogens with zero attached hydrogens (tertiary/aromatic N) is 1. The second kappa shape index (κ2) is 8.16. The molecule has 18 heavy (non-hydrogen) atoms.